The lowest BCUT2D eigenvalue weighted by atomic mass is 9.86. The molecule has 1 N–H and O–H groups in total. The molecule has 35 heavy (non-hydrogen) atoms. The highest BCUT2D eigenvalue weighted by Crippen LogP contribution is 2.37. The number of nitrogens with zero attached hydrogens (tertiary/aromatic N) is 2. The monoisotopic (exact) mass is 473 g/mol. The molecule has 0 saturated carbocycles. The average molecular weight is 474 g/mol. The van der Waals surface area contributed by atoms with Gasteiger partial charge in [0.05, 0.1) is 18.5 Å². The van der Waals surface area contributed by atoms with E-state index in [0.29, 0.717) is 49.5 Å². The Labute approximate surface area is 204 Å². The van der Waals surface area contributed by atoms with E-state index in [-0.39, 0.29) is 5.60 Å². The van der Waals surface area contributed by atoms with Crippen molar-refractivity contribution >= 4 is 17.5 Å². The van der Waals surface area contributed by atoms with Crippen LogP contribution in [0, 0.1) is 0 Å². The maximum Gasteiger partial charge on any atom is 0.430 e. The molecule has 8 heteroatoms. The molecule has 8 nitrogen and oxygen atoms in total. The number of para-hydroxylation sites is 3. The smallest absolute Gasteiger partial charge is 0.430 e. The Balaban J connectivity index is 1.14. The number of oxime groups is 1. The molecule has 180 valence electrons. The van der Waals surface area contributed by atoms with Crippen LogP contribution in [0.5, 0.6) is 17.2 Å². The van der Waals surface area contributed by atoms with Gasteiger partial charge in [0.25, 0.3) is 0 Å². The number of carbonyl (C=O) groups excluding carboxylic acids is 1. The van der Waals surface area contributed by atoms with E-state index < -0.39 is 6.09 Å². The van der Waals surface area contributed by atoms with Gasteiger partial charge >= 0.3 is 6.09 Å². The summed E-state index contributed by atoms with van der Waals surface area (Å²) >= 11 is 0. The molecule has 5 rings (SSSR count). The Morgan fingerprint density at radius 1 is 0.971 bits per heavy atom. The maximum absolute atomic E-state index is 12.6. The summed E-state index contributed by atoms with van der Waals surface area (Å²) < 4.78 is 11.2. The zero-order valence-corrected chi connectivity index (χ0v) is 19.5. The number of hydrogen-bond donors (Lipinski definition) is 1. The first-order valence-electron chi connectivity index (χ1n) is 11.6. The lowest BCUT2D eigenvalue weighted by Crippen LogP contribution is -2.45. The van der Waals surface area contributed by atoms with Gasteiger partial charge < -0.3 is 19.1 Å². The van der Waals surface area contributed by atoms with Crippen LogP contribution in [0.3, 0.4) is 0 Å². The van der Waals surface area contributed by atoms with Crippen LogP contribution in [-0.2, 0) is 9.68 Å². The number of amides is 1. The van der Waals surface area contributed by atoms with Gasteiger partial charge in [-0.2, -0.15) is 0 Å². The highest BCUT2D eigenvalue weighted by molar-refractivity contribution is 6.02. The molecule has 2 aliphatic heterocycles. The predicted octanol–water partition coefficient (Wildman–Crippen LogP) is 5.61. The molecule has 1 fully saturated rings. The fraction of sp³-hybridized carbons (Fsp3) is 0.259. The Kier molecular flexibility index (Phi) is 6.54. The third kappa shape index (κ3) is 5.38. The molecule has 0 aromatic heterocycles. The van der Waals surface area contributed by atoms with Crippen molar-refractivity contribution in [1.29, 1.82) is 0 Å². The number of methoxy groups -OCH3 is 1. The predicted molar refractivity (Wildman–Crippen MR) is 132 cm³/mol. The number of hydroxylamine groups is 2. The second kappa shape index (κ2) is 10.1. The first kappa shape index (κ1) is 22.7. The van der Waals surface area contributed by atoms with Crippen molar-refractivity contribution in [2.75, 3.05) is 25.5 Å². The summed E-state index contributed by atoms with van der Waals surface area (Å²) in [5.74, 6) is 2.01. The van der Waals surface area contributed by atoms with Crippen LogP contribution >= 0.6 is 0 Å². The van der Waals surface area contributed by atoms with Gasteiger partial charge in [0, 0.05) is 37.9 Å². The van der Waals surface area contributed by atoms with Crippen LogP contribution in [0.2, 0.25) is 0 Å². The SMILES string of the molecule is COc1cccc(C2=NOC3(CCN(OC(=O)Nc4ccccc4Oc4ccccc4)CC3)C2)c1. The number of hydrogen-bond acceptors (Lipinski definition) is 7. The summed E-state index contributed by atoms with van der Waals surface area (Å²) in [4.78, 5) is 24.1. The molecular weight excluding hydrogens is 446 g/mol. The molecule has 2 heterocycles. The van der Waals surface area contributed by atoms with Crippen LogP contribution in [0.25, 0.3) is 0 Å². The third-order valence-corrected chi connectivity index (χ3v) is 6.18. The Morgan fingerprint density at radius 2 is 1.71 bits per heavy atom. The number of benzene rings is 3. The normalized spacial score (nSPS) is 16.8. The van der Waals surface area contributed by atoms with E-state index in [1.165, 1.54) is 0 Å². The van der Waals surface area contributed by atoms with Gasteiger partial charge in [0.15, 0.2) is 5.75 Å². The van der Waals surface area contributed by atoms with Crippen LogP contribution in [0.1, 0.15) is 24.8 Å². The van der Waals surface area contributed by atoms with Gasteiger partial charge in [0.2, 0.25) is 0 Å². The van der Waals surface area contributed by atoms with E-state index in [1.54, 1.807) is 24.3 Å². The van der Waals surface area contributed by atoms with Crippen molar-refractivity contribution < 1.29 is 23.9 Å². The van der Waals surface area contributed by atoms with Gasteiger partial charge in [0.1, 0.15) is 17.1 Å². The maximum atomic E-state index is 12.6. The van der Waals surface area contributed by atoms with E-state index in [4.69, 9.17) is 19.1 Å². The number of nitrogens with one attached hydrogen (secondary N) is 1. The lowest BCUT2D eigenvalue weighted by Gasteiger charge is -2.35. The standard InChI is InChI=1S/C27H27N3O5/c1-32-22-11-7-8-20(18-22)24-19-27(35-29-24)14-16-30(17-15-27)34-26(31)28-23-12-5-6-13-25(23)33-21-9-3-2-4-10-21/h2-13,18H,14-17,19H2,1H3,(H,28,31). The summed E-state index contributed by atoms with van der Waals surface area (Å²) in [5.41, 5.74) is 2.07. The van der Waals surface area contributed by atoms with Gasteiger partial charge in [-0.15, -0.1) is 5.06 Å². The van der Waals surface area contributed by atoms with Crippen molar-refractivity contribution in [3.63, 3.8) is 0 Å². The lowest BCUT2D eigenvalue weighted by molar-refractivity contribution is -0.154. The highest BCUT2D eigenvalue weighted by atomic mass is 16.7. The van der Waals surface area contributed by atoms with Crippen molar-refractivity contribution in [2.45, 2.75) is 24.9 Å². The molecule has 0 radical (unpaired) electrons. The Bertz CT molecular complexity index is 1210. The largest absolute Gasteiger partial charge is 0.497 e. The summed E-state index contributed by atoms with van der Waals surface area (Å²) in [6.07, 6.45) is 1.55. The number of rotatable bonds is 6. The number of piperidine rings is 1. The average Bonchev–Trinajstić information content (AvgIpc) is 3.31. The van der Waals surface area contributed by atoms with Crippen molar-refractivity contribution in [3.8, 4) is 17.2 Å². The summed E-state index contributed by atoms with van der Waals surface area (Å²) in [6.45, 7) is 1.10. The second-order valence-electron chi connectivity index (χ2n) is 8.57. The Morgan fingerprint density at radius 3 is 2.51 bits per heavy atom. The van der Waals surface area contributed by atoms with Crippen molar-refractivity contribution in [2.24, 2.45) is 5.16 Å². The molecular formula is C27H27N3O5. The van der Waals surface area contributed by atoms with Crippen molar-refractivity contribution in [3.05, 3.63) is 84.4 Å². The van der Waals surface area contributed by atoms with E-state index in [2.05, 4.69) is 10.5 Å². The minimum atomic E-state index is -0.564. The van der Waals surface area contributed by atoms with E-state index >= 15 is 0 Å². The minimum Gasteiger partial charge on any atom is -0.497 e. The van der Waals surface area contributed by atoms with Crippen molar-refractivity contribution in [1.82, 2.24) is 5.06 Å². The summed E-state index contributed by atoms with van der Waals surface area (Å²) in [5, 5.41) is 8.80. The first-order chi connectivity index (χ1) is 17.1. The zero-order valence-electron chi connectivity index (χ0n) is 19.5. The van der Waals surface area contributed by atoms with Crippen LogP contribution in [-0.4, -0.2) is 42.7 Å². The molecule has 1 amide bonds. The molecule has 3 aromatic rings. The van der Waals surface area contributed by atoms with Gasteiger partial charge in [-0.25, -0.2) is 4.79 Å². The van der Waals surface area contributed by atoms with Gasteiger partial charge in [-0.1, -0.05) is 47.6 Å². The van der Waals surface area contributed by atoms with Gasteiger partial charge in [-0.05, 0) is 36.4 Å². The highest BCUT2D eigenvalue weighted by Gasteiger charge is 2.43. The number of anilines is 1. The molecule has 2 aliphatic rings. The van der Waals surface area contributed by atoms with E-state index in [0.717, 1.165) is 17.0 Å². The fourth-order valence-electron chi connectivity index (χ4n) is 4.26. The molecule has 1 saturated heterocycles. The van der Waals surface area contributed by atoms with Gasteiger partial charge in [-0.3, -0.25) is 5.32 Å². The minimum absolute atomic E-state index is 0.370. The molecule has 1 spiro atoms. The van der Waals surface area contributed by atoms with E-state index in [9.17, 15) is 4.79 Å². The first-order valence-corrected chi connectivity index (χ1v) is 11.6. The zero-order chi connectivity index (χ0) is 24.1. The third-order valence-electron chi connectivity index (χ3n) is 6.18. The topological polar surface area (TPSA) is 81.6 Å². The summed E-state index contributed by atoms with van der Waals surface area (Å²) in [6, 6.07) is 24.5. The molecule has 0 unspecified atom stereocenters. The molecule has 0 atom stereocenters. The number of ether oxygens (including phenoxy) is 2. The molecule has 3 aromatic carbocycles. The van der Waals surface area contributed by atoms with Crippen LogP contribution in [0.15, 0.2) is 84.0 Å². The fourth-order valence-corrected chi connectivity index (χ4v) is 4.26. The van der Waals surface area contributed by atoms with Crippen LogP contribution < -0.4 is 14.8 Å². The Hall–Kier alpha value is -4.04. The molecule has 0 aliphatic carbocycles. The molecule has 0 bridgehead atoms. The quantitative estimate of drug-likeness (QED) is 0.501. The number of carbonyl (C=O) groups is 1. The summed E-state index contributed by atoms with van der Waals surface area (Å²) in [7, 11) is 1.65. The van der Waals surface area contributed by atoms with Crippen LogP contribution in [0.4, 0.5) is 10.5 Å². The second-order valence-corrected chi connectivity index (χ2v) is 8.57. The van der Waals surface area contributed by atoms with E-state index in [1.807, 2.05) is 66.7 Å².